The van der Waals surface area contributed by atoms with Gasteiger partial charge in [0.05, 0.1) is 11.1 Å². The van der Waals surface area contributed by atoms with Crippen molar-refractivity contribution in [3.63, 3.8) is 0 Å². The maximum Gasteiger partial charge on any atom is 0.276 e. The largest absolute Gasteiger partial charge is 0.276 e. The monoisotopic (exact) mass is 302 g/mol. The number of hydrogen-bond acceptors (Lipinski definition) is 3. The zero-order valence-corrected chi connectivity index (χ0v) is 13.1. The third-order valence-electron chi connectivity index (χ3n) is 3.08. The average molecular weight is 302 g/mol. The van der Waals surface area contributed by atoms with Gasteiger partial charge < -0.3 is 0 Å². The summed E-state index contributed by atoms with van der Waals surface area (Å²) in [5, 5.41) is 3.82. The molecule has 0 heterocycles. The van der Waals surface area contributed by atoms with Crippen LogP contribution in [-0.4, -0.2) is 14.6 Å². The molecule has 4 nitrogen and oxygen atoms in total. The quantitative estimate of drug-likeness (QED) is 0.697. The molecular formula is C16H18N2O2S. The third-order valence-corrected chi connectivity index (χ3v) is 4.47. The number of benzene rings is 2. The molecule has 0 aliphatic heterocycles. The summed E-state index contributed by atoms with van der Waals surface area (Å²) in [5.74, 6) is 0. The topological polar surface area (TPSA) is 58.5 Å². The molecule has 0 aromatic heterocycles. The zero-order valence-electron chi connectivity index (χ0n) is 12.3. The fourth-order valence-corrected chi connectivity index (χ4v) is 2.99. The molecule has 0 aliphatic carbocycles. The second-order valence-electron chi connectivity index (χ2n) is 5.03. The van der Waals surface area contributed by atoms with Crippen molar-refractivity contribution in [1.29, 1.82) is 0 Å². The van der Waals surface area contributed by atoms with Crippen molar-refractivity contribution in [3.8, 4) is 0 Å². The Morgan fingerprint density at radius 1 is 0.952 bits per heavy atom. The summed E-state index contributed by atoms with van der Waals surface area (Å²) in [6.45, 7) is 5.68. The molecular weight excluding hydrogens is 284 g/mol. The minimum Gasteiger partial charge on any atom is -0.200 e. The first-order valence-electron chi connectivity index (χ1n) is 6.57. The van der Waals surface area contributed by atoms with Crippen LogP contribution in [-0.2, 0) is 10.0 Å². The number of nitrogens with one attached hydrogen (secondary N) is 1. The van der Waals surface area contributed by atoms with Crippen LogP contribution in [0.1, 0.15) is 22.3 Å². The Kier molecular flexibility index (Phi) is 4.43. The number of hydrazone groups is 1. The Bertz CT molecular complexity index is 763. The molecule has 0 fully saturated rings. The fourth-order valence-electron chi connectivity index (χ4n) is 1.97. The molecule has 0 radical (unpaired) electrons. The van der Waals surface area contributed by atoms with Gasteiger partial charge in [-0.2, -0.15) is 13.5 Å². The number of hydrogen-bond donors (Lipinski definition) is 1. The van der Waals surface area contributed by atoms with E-state index in [2.05, 4.69) is 9.93 Å². The second kappa shape index (κ2) is 6.10. The van der Waals surface area contributed by atoms with Crippen molar-refractivity contribution >= 4 is 16.2 Å². The zero-order chi connectivity index (χ0) is 15.5. The van der Waals surface area contributed by atoms with E-state index in [1.54, 1.807) is 19.1 Å². The predicted molar refractivity (Wildman–Crippen MR) is 85.0 cm³/mol. The van der Waals surface area contributed by atoms with Gasteiger partial charge in [-0.25, -0.2) is 4.83 Å². The van der Waals surface area contributed by atoms with Crippen molar-refractivity contribution in [3.05, 3.63) is 64.7 Å². The van der Waals surface area contributed by atoms with E-state index >= 15 is 0 Å². The lowest BCUT2D eigenvalue weighted by molar-refractivity contribution is 0.584. The minimum absolute atomic E-state index is 0.245. The van der Waals surface area contributed by atoms with Gasteiger partial charge in [0, 0.05) is 0 Å². The van der Waals surface area contributed by atoms with Crippen LogP contribution in [0.5, 0.6) is 0 Å². The summed E-state index contributed by atoms with van der Waals surface area (Å²) in [7, 11) is -3.63. The summed E-state index contributed by atoms with van der Waals surface area (Å²) < 4.78 is 24.4. The Balaban J connectivity index is 2.16. The minimum atomic E-state index is -3.63. The van der Waals surface area contributed by atoms with E-state index in [-0.39, 0.29) is 4.90 Å². The molecule has 110 valence electrons. The highest BCUT2D eigenvalue weighted by Crippen LogP contribution is 2.16. The number of nitrogens with zero attached hydrogens (tertiary/aromatic N) is 1. The van der Waals surface area contributed by atoms with Crippen LogP contribution in [0.15, 0.2) is 52.5 Å². The van der Waals surface area contributed by atoms with Crippen LogP contribution in [0, 0.1) is 20.8 Å². The summed E-state index contributed by atoms with van der Waals surface area (Å²) in [6, 6.07) is 12.8. The first-order valence-corrected chi connectivity index (χ1v) is 8.05. The van der Waals surface area contributed by atoms with Gasteiger partial charge in [-0.05, 0) is 38.0 Å². The van der Waals surface area contributed by atoms with Crippen LogP contribution < -0.4 is 4.83 Å². The maximum atomic E-state index is 12.2. The van der Waals surface area contributed by atoms with Crippen LogP contribution in [0.2, 0.25) is 0 Å². The van der Waals surface area contributed by atoms with E-state index in [1.165, 1.54) is 6.21 Å². The molecule has 0 atom stereocenters. The number of aryl methyl sites for hydroxylation is 3. The van der Waals surface area contributed by atoms with Gasteiger partial charge in [0.25, 0.3) is 10.0 Å². The number of rotatable bonds is 4. The maximum absolute atomic E-state index is 12.2. The lowest BCUT2D eigenvalue weighted by Gasteiger charge is -2.07. The van der Waals surface area contributed by atoms with Crippen LogP contribution in [0.4, 0.5) is 0 Å². The van der Waals surface area contributed by atoms with Gasteiger partial charge in [-0.3, -0.25) is 0 Å². The van der Waals surface area contributed by atoms with Crippen molar-refractivity contribution in [2.45, 2.75) is 25.7 Å². The molecule has 21 heavy (non-hydrogen) atoms. The van der Waals surface area contributed by atoms with Crippen molar-refractivity contribution in [2.75, 3.05) is 0 Å². The molecule has 0 saturated heterocycles. The molecule has 0 amide bonds. The summed E-state index contributed by atoms with van der Waals surface area (Å²) >= 11 is 0. The highest BCUT2D eigenvalue weighted by molar-refractivity contribution is 7.89. The first-order chi connectivity index (χ1) is 9.88. The molecule has 2 aromatic rings. The highest BCUT2D eigenvalue weighted by atomic mass is 32.2. The predicted octanol–water partition coefficient (Wildman–Crippen LogP) is 2.92. The Hall–Kier alpha value is -2.14. The molecule has 5 heteroatoms. The normalized spacial score (nSPS) is 11.8. The van der Waals surface area contributed by atoms with E-state index < -0.39 is 10.0 Å². The van der Waals surface area contributed by atoms with E-state index in [9.17, 15) is 8.42 Å². The summed E-state index contributed by atoms with van der Waals surface area (Å²) in [6.07, 6.45) is 1.49. The number of sulfonamides is 1. The van der Waals surface area contributed by atoms with E-state index in [0.29, 0.717) is 5.56 Å². The molecule has 0 bridgehead atoms. The highest BCUT2D eigenvalue weighted by Gasteiger charge is 2.15. The van der Waals surface area contributed by atoms with Crippen LogP contribution in [0.3, 0.4) is 0 Å². The van der Waals surface area contributed by atoms with Crippen LogP contribution in [0.25, 0.3) is 0 Å². The molecule has 0 aliphatic rings. The smallest absolute Gasteiger partial charge is 0.200 e. The van der Waals surface area contributed by atoms with E-state index in [0.717, 1.165) is 16.7 Å². The van der Waals surface area contributed by atoms with Gasteiger partial charge in [-0.15, -0.1) is 0 Å². The van der Waals surface area contributed by atoms with Gasteiger partial charge >= 0.3 is 0 Å². The Morgan fingerprint density at radius 3 is 2.19 bits per heavy atom. The van der Waals surface area contributed by atoms with E-state index in [1.807, 2.05) is 44.2 Å². The first kappa shape index (κ1) is 15.3. The molecule has 1 N–H and O–H groups in total. The van der Waals surface area contributed by atoms with Gasteiger partial charge in [0.2, 0.25) is 0 Å². The van der Waals surface area contributed by atoms with Gasteiger partial charge in [0.1, 0.15) is 0 Å². The average Bonchev–Trinajstić information content (AvgIpc) is 2.40. The lowest BCUT2D eigenvalue weighted by atomic mass is 10.2. The summed E-state index contributed by atoms with van der Waals surface area (Å²) in [4.78, 5) is 2.48. The molecule has 0 saturated carbocycles. The van der Waals surface area contributed by atoms with Crippen molar-refractivity contribution in [1.82, 2.24) is 4.83 Å². The third kappa shape index (κ3) is 3.92. The fraction of sp³-hybridized carbons (Fsp3) is 0.188. The van der Waals surface area contributed by atoms with E-state index in [4.69, 9.17) is 0 Å². The molecule has 2 rings (SSSR count). The molecule has 2 aromatic carbocycles. The summed E-state index contributed by atoms with van der Waals surface area (Å²) in [5.41, 5.74) is 3.70. The van der Waals surface area contributed by atoms with Gasteiger partial charge in [0.15, 0.2) is 0 Å². The van der Waals surface area contributed by atoms with Crippen molar-refractivity contribution in [2.24, 2.45) is 5.10 Å². The van der Waals surface area contributed by atoms with Crippen LogP contribution >= 0.6 is 0 Å². The molecule has 0 unspecified atom stereocenters. The van der Waals surface area contributed by atoms with Gasteiger partial charge in [-0.1, -0.05) is 47.5 Å². The lowest BCUT2D eigenvalue weighted by Crippen LogP contribution is -2.19. The van der Waals surface area contributed by atoms with Crippen molar-refractivity contribution < 1.29 is 8.42 Å². The second-order valence-corrected chi connectivity index (χ2v) is 6.66. The Morgan fingerprint density at radius 2 is 1.57 bits per heavy atom. The Labute approximate surface area is 125 Å². The SMILES string of the molecule is Cc1ccc(/C=N/NS(=O)(=O)c2ccc(C)cc2C)cc1. The molecule has 0 spiro atoms. The standard InChI is InChI=1S/C16H18N2O2S/c1-12-4-7-15(8-5-12)11-17-18-21(19,20)16-9-6-13(2)10-14(16)3/h4-11,18H,1-3H3/b17-11+.